The van der Waals surface area contributed by atoms with Crippen LogP contribution in [0.4, 0.5) is 0 Å². The Kier molecular flexibility index (Phi) is 4.28. The van der Waals surface area contributed by atoms with Gasteiger partial charge in [-0.15, -0.1) is 10.2 Å². The van der Waals surface area contributed by atoms with E-state index in [4.69, 9.17) is 0 Å². The molecule has 1 heterocycles. The third-order valence-electron chi connectivity index (χ3n) is 3.11. The van der Waals surface area contributed by atoms with Gasteiger partial charge in [0.25, 0.3) is 0 Å². The monoisotopic (exact) mass is 326 g/mol. The molecular formula is C12H15BrN4O2. The molecule has 0 aliphatic carbocycles. The molecule has 0 aliphatic heterocycles. The van der Waals surface area contributed by atoms with E-state index < -0.39 is 5.41 Å². The molecule has 6 nitrogen and oxygen atoms in total. The van der Waals surface area contributed by atoms with Gasteiger partial charge in [-0.05, 0) is 22.9 Å². The fourth-order valence-electron chi connectivity index (χ4n) is 1.95. The molecular weight excluding hydrogens is 312 g/mol. The molecule has 0 radical (unpaired) electrons. The summed E-state index contributed by atoms with van der Waals surface area (Å²) in [6, 6.07) is 7.48. The number of tetrazole rings is 1. The van der Waals surface area contributed by atoms with Crippen LogP contribution in [-0.4, -0.2) is 43.6 Å². The van der Waals surface area contributed by atoms with E-state index in [0.29, 0.717) is 12.2 Å². The average Bonchev–Trinajstić information content (AvgIpc) is 2.82. The molecule has 2 N–H and O–H groups in total. The Hall–Kier alpha value is -1.31. The lowest BCUT2D eigenvalue weighted by atomic mass is 9.79. The van der Waals surface area contributed by atoms with Gasteiger partial charge in [0.15, 0.2) is 5.82 Å². The minimum Gasteiger partial charge on any atom is -0.395 e. The molecule has 0 unspecified atom stereocenters. The minimum atomic E-state index is -0.802. The SMILES string of the molecule is Cn1nnc(CC(CO)(CO)c2ccc(Br)cc2)n1. The second-order valence-electron chi connectivity index (χ2n) is 4.48. The van der Waals surface area contributed by atoms with Crippen molar-refractivity contribution >= 4 is 15.9 Å². The molecule has 0 bridgehead atoms. The maximum atomic E-state index is 9.71. The summed E-state index contributed by atoms with van der Waals surface area (Å²) in [4.78, 5) is 1.36. The highest BCUT2D eigenvalue weighted by atomic mass is 79.9. The van der Waals surface area contributed by atoms with Gasteiger partial charge in [-0.1, -0.05) is 28.1 Å². The molecule has 0 atom stereocenters. The Morgan fingerprint density at radius 2 is 1.84 bits per heavy atom. The Balaban J connectivity index is 2.33. The summed E-state index contributed by atoms with van der Waals surface area (Å²) in [5, 5.41) is 31.2. The van der Waals surface area contributed by atoms with Crippen molar-refractivity contribution in [3.63, 3.8) is 0 Å². The van der Waals surface area contributed by atoms with Gasteiger partial charge in [0.2, 0.25) is 0 Å². The predicted octanol–water partition coefficient (Wildman–Crippen LogP) is 0.438. The Bertz CT molecular complexity index is 537. The molecule has 7 heteroatoms. The number of aromatic nitrogens is 4. The highest BCUT2D eigenvalue weighted by Crippen LogP contribution is 2.28. The summed E-state index contributed by atoms with van der Waals surface area (Å²) in [6.45, 7) is -0.382. The van der Waals surface area contributed by atoms with Gasteiger partial charge in [0.1, 0.15) is 0 Å². The van der Waals surface area contributed by atoms with Gasteiger partial charge < -0.3 is 10.2 Å². The number of halogens is 1. The number of hydrogen-bond acceptors (Lipinski definition) is 5. The second kappa shape index (κ2) is 5.77. The van der Waals surface area contributed by atoms with Crippen LogP contribution in [0.5, 0.6) is 0 Å². The molecule has 0 saturated carbocycles. The predicted molar refractivity (Wildman–Crippen MR) is 72.5 cm³/mol. The molecule has 2 rings (SSSR count). The summed E-state index contributed by atoms with van der Waals surface area (Å²) >= 11 is 3.36. The van der Waals surface area contributed by atoms with Crippen LogP contribution in [0, 0.1) is 0 Å². The van der Waals surface area contributed by atoms with E-state index in [1.807, 2.05) is 24.3 Å². The second-order valence-corrected chi connectivity index (χ2v) is 5.39. The van der Waals surface area contributed by atoms with Crippen LogP contribution in [0.25, 0.3) is 0 Å². The molecule has 0 spiro atoms. The summed E-state index contributed by atoms with van der Waals surface area (Å²) in [6.07, 6.45) is 0.329. The van der Waals surface area contributed by atoms with Crippen molar-refractivity contribution in [2.45, 2.75) is 11.8 Å². The van der Waals surface area contributed by atoms with Gasteiger partial charge in [-0.25, -0.2) is 0 Å². The van der Waals surface area contributed by atoms with Crippen molar-refractivity contribution in [3.05, 3.63) is 40.1 Å². The van der Waals surface area contributed by atoms with Crippen LogP contribution in [0.15, 0.2) is 28.7 Å². The van der Waals surface area contributed by atoms with Gasteiger partial charge in [-0.2, -0.15) is 4.80 Å². The van der Waals surface area contributed by atoms with E-state index in [9.17, 15) is 10.2 Å². The third kappa shape index (κ3) is 2.99. The maximum Gasteiger partial charge on any atom is 0.175 e. The third-order valence-corrected chi connectivity index (χ3v) is 3.64. The van der Waals surface area contributed by atoms with E-state index in [1.54, 1.807) is 7.05 Å². The first-order valence-electron chi connectivity index (χ1n) is 5.80. The molecule has 0 fully saturated rings. The highest BCUT2D eigenvalue weighted by Gasteiger charge is 2.33. The van der Waals surface area contributed by atoms with Crippen LogP contribution in [-0.2, 0) is 18.9 Å². The number of benzene rings is 1. The smallest absolute Gasteiger partial charge is 0.175 e. The van der Waals surface area contributed by atoms with Crippen molar-refractivity contribution in [2.75, 3.05) is 13.2 Å². The van der Waals surface area contributed by atoms with E-state index in [0.717, 1.165) is 10.0 Å². The minimum absolute atomic E-state index is 0.191. The van der Waals surface area contributed by atoms with Crippen molar-refractivity contribution in [2.24, 2.45) is 7.05 Å². The molecule has 19 heavy (non-hydrogen) atoms. The quantitative estimate of drug-likeness (QED) is 0.832. The largest absolute Gasteiger partial charge is 0.395 e. The summed E-state index contributed by atoms with van der Waals surface area (Å²) in [7, 11) is 1.68. The maximum absolute atomic E-state index is 9.71. The standard InChI is InChI=1S/C12H15BrN4O2/c1-17-15-11(14-16-17)6-12(7-18,8-19)9-2-4-10(13)5-3-9/h2-5,18-19H,6-8H2,1H3. The number of rotatable bonds is 5. The van der Waals surface area contributed by atoms with Crippen LogP contribution in [0.1, 0.15) is 11.4 Å². The molecule has 102 valence electrons. The highest BCUT2D eigenvalue weighted by molar-refractivity contribution is 9.10. The molecule has 2 aromatic rings. The van der Waals surface area contributed by atoms with E-state index in [2.05, 4.69) is 31.3 Å². The molecule has 0 saturated heterocycles. The van der Waals surface area contributed by atoms with Gasteiger partial charge in [0.05, 0.1) is 20.3 Å². The molecule has 1 aromatic heterocycles. The van der Waals surface area contributed by atoms with E-state index in [1.165, 1.54) is 4.80 Å². The fraction of sp³-hybridized carbons (Fsp3) is 0.417. The Labute approximate surface area is 119 Å². The number of nitrogens with zero attached hydrogens (tertiary/aromatic N) is 4. The van der Waals surface area contributed by atoms with Crippen molar-refractivity contribution < 1.29 is 10.2 Å². The van der Waals surface area contributed by atoms with Crippen LogP contribution >= 0.6 is 15.9 Å². The normalized spacial score (nSPS) is 11.8. The number of aliphatic hydroxyl groups excluding tert-OH is 2. The first-order chi connectivity index (χ1) is 9.09. The lowest BCUT2D eigenvalue weighted by molar-refractivity contribution is 0.114. The lowest BCUT2D eigenvalue weighted by Gasteiger charge is -2.29. The van der Waals surface area contributed by atoms with Crippen molar-refractivity contribution in [3.8, 4) is 0 Å². The average molecular weight is 327 g/mol. The first kappa shape index (κ1) is 14.1. The van der Waals surface area contributed by atoms with Crippen molar-refractivity contribution in [1.29, 1.82) is 0 Å². The zero-order valence-corrected chi connectivity index (χ0v) is 12.1. The van der Waals surface area contributed by atoms with E-state index >= 15 is 0 Å². The van der Waals surface area contributed by atoms with E-state index in [-0.39, 0.29) is 13.2 Å². The number of aliphatic hydroxyl groups is 2. The van der Waals surface area contributed by atoms with Gasteiger partial charge in [-0.3, -0.25) is 0 Å². The van der Waals surface area contributed by atoms with Crippen molar-refractivity contribution in [1.82, 2.24) is 20.2 Å². The first-order valence-corrected chi connectivity index (χ1v) is 6.59. The van der Waals surface area contributed by atoms with Crippen LogP contribution in [0.3, 0.4) is 0 Å². The van der Waals surface area contributed by atoms with Crippen LogP contribution in [0.2, 0.25) is 0 Å². The van der Waals surface area contributed by atoms with Gasteiger partial charge >= 0.3 is 0 Å². The summed E-state index contributed by atoms with van der Waals surface area (Å²) in [5.41, 5.74) is 0.0390. The van der Waals surface area contributed by atoms with Gasteiger partial charge in [0, 0.05) is 16.3 Å². The van der Waals surface area contributed by atoms with Crippen LogP contribution < -0.4 is 0 Å². The lowest BCUT2D eigenvalue weighted by Crippen LogP contribution is -2.37. The summed E-state index contributed by atoms with van der Waals surface area (Å²) in [5.74, 6) is 0.494. The topological polar surface area (TPSA) is 84.1 Å². The number of aryl methyl sites for hydroxylation is 1. The zero-order valence-electron chi connectivity index (χ0n) is 10.5. The number of hydrogen-bond donors (Lipinski definition) is 2. The Morgan fingerprint density at radius 3 is 2.32 bits per heavy atom. The Morgan fingerprint density at radius 1 is 1.21 bits per heavy atom. The summed E-state index contributed by atoms with van der Waals surface area (Å²) < 4.78 is 0.943. The molecule has 1 aromatic carbocycles. The zero-order chi connectivity index (χ0) is 13.9. The molecule has 0 amide bonds. The fourth-order valence-corrected chi connectivity index (χ4v) is 2.21. The molecule has 0 aliphatic rings.